The monoisotopic (exact) mass is 358 g/mol. The van der Waals surface area contributed by atoms with E-state index in [1.165, 1.54) is 20.1 Å². The highest BCUT2D eigenvalue weighted by molar-refractivity contribution is 6.31. The van der Waals surface area contributed by atoms with Crippen LogP contribution in [0.5, 0.6) is 5.75 Å². The number of methoxy groups -OCH3 is 1. The maximum Gasteiger partial charge on any atom is 0.262 e. The third kappa shape index (κ3) is 2.96. The van der Waals surface area contributed by atoms with Crippen molar-refractivity contribution in [2.75, 3.05) is 12.4 Å². The third-order valence-corrected chi connectivity index (χ3v) is 4.25. The molecule has 0 spiro atoms. The summed E-state index contributed by atoms with van der Waals surface area (Å²) in [7, 11) is 1.46. The van der Waals surface area contributed by atoms with Crippen LogP contribution in [0.15, 0.2) is 42.5 Å². The number of carbonyl (C=O) groups excluding carboxylic acids is 3. The van der Waals surface area contributed by atoms with Gasteiger partial charge in [-0.3, -0.25) is 19.3 Å². The first-order valence-corrected chi connectivity index (χ1v) is 7.93. The summed E-state index contributed by atoms with van der Waals surface area (Å²) >= 11 is 5.95. The summed E-state index contributed by atoms with van der Waals surface area (Å²) < 4.78 is 5.18. The van der Waals surface area contributed by atoms with Gasteiger partial charge in [-0.1, -0.05) is 23.7 Å². The Bertz CT molecular complexity index is 846. The Labute approximate surface area is 149 Å². The number of benzene rings is 2. The maximum atomic E-state index is 12.6. The zero-order chi connectivity index (χ0) is 18.1. The summed E-state index contributed by atoms with van der Waals surface area (Å²) in [5.41, 5.74) is 0.962. The largest absolute Gasteiger partial charge is 0.495 e. The number of hydrogen-bond acceptors (Lipinski definition) is 4. The van der Waals surface area contributed by atoms with Gasteiger partial charge in [0.1, 0.15) is 11.8 Å². The number of halogens is 1. The van der Waals surface area contributed by atoms with Crippen LogP contribution in [0, 0.1) is 0 Å². The van der Waals surface area contributed by atoms with Crippen molar-refractivity contribution in [2.45, 2.75) is 13.0 Å². The molecule has 1 aliphatic heterocycles. The van der Waals surface area contributed by atoms with E-state index in [1.807, 2.05) is 0 Å². The van der Waals surface area contributed by atoms with Crippen LogP contribution in [0.2, 0.25) is 5.02 Å². The van der Waals surface area contributed by atoms with Crippen LogP contribution in [-0.4, -0.2) is 35.8 Å². The molecule has 0 unspecified atom stereocenters. The van der Waals surface area contributed by atoms with Crippen LogP contribution < -0.4 is 10.1 Å². The van der Waals surface area contributed by atoms with Crippen molar-refractivity contribution in [3.05, 3.63) is 58.6 Å². The van der Waals surface area contributed by atoms with Crippen molar-refractivity contribution in [3.8, 4) is 5.75 Å². The normalized spacial score (nSPS) is 14.3. The zero-order valence-corrected chi connectivity index (χ0v) is 14.3. The Morgan fingerprint density at radius 1 is 1.12 bits per heavy atom. The minimum Gasteiger partial charge on any atom is -0.495 e. The second-order valence-electron chi connectivity index (χ2n) is 5.54. The van der Waals surface area contributed by atoms with E-state index in [9.17, 15) is 14.4 Å². The number of fused-ring (bicyclic) bond motifs is 1. The van der Waals surface area contributed by atoms with Gasteiger partial charge in [0.05, 0.1) is 23.9 Å². The van der Waals surface area contributed by atoms with Crippen LogP contribution in [0.1, 0.15) is 27.6 Å². The van der Waals surface area contributed by atoms with Crippen molar-refractivity contribution in [1.29, 1.82) is 0 Å². The fourth-order valence-electron chi connectivity index (χ4n) is 2.69. The number of nitrogens with zero attached hydrogens (tertiary/aromatic N) is 1. The van der Waals surface area contributed by atoms with Crippen molar-refractivity contribution in [3.63, 3.8) is 0 Å². The highest BCUT2D eigenvalue weighted by Gasteiger charge is 2.40. The molecule has 3 rings (SSSR count). The van der Waals surface area contributed by atoms with Crippen molar-refractivity contribution >= 4 is 35.0 Å². The van der Waals surface area contributed by atoms with Gasteiger partial charge in [-0.25, -0.2) is 0 Å². The molecule has 1 atom stereocenters. The zero-order valence-electron chi connectivity index (χ0n) is 13.6. The first kappa shape index (κ1) is 17.0. The van der Waals surface area contributed by atoms with Gasteiger partial charge in [0, 0.05) is 5.02 Å². The van der Waals surface area contributed by atoms with Gasteiger partial charge in [0.15, 0.2) is 0 Å². The van der Waals surface area contributed by atoms with Crippen LogP contribution in [-0.2, 0) is 4.79 Å². The summed E-state index contributed by atoms with van der Waals surface area (Å²) in [6.07, 6.45) is 0. The SMILES string of the molecule is COc1ccc(Cl)cc1NC(=O)[C@H](C)N1C(=O)c2ccccc2C1=O. The van der Waals surface area contributed by atoms with Gasteiger partial charge in [0.2, 0.25) is 5.91 Å². The van der Waals surface area contributed by atoms with Gasteiger partial charge in [-0.2, -0.15) is 0 Å². The number of amides is 3. The number of imide groups is 1. The van der Waals surface area contributed by atoms with E-state index < -0.39 is 23.8 Å². The molecular formula is C18H15ClN2O4. The third-order valence-electron chi connectivity index (χ3n) is 4.01. The summed E-state index contributed by atoms with van der Waals surface area (Å²) in [6.45, 7) is 1.49. The maximum absolute atomic E-state index is 12.6. The average molecular weight is 359 g/mol. The lowest BCUT2D eigenvalue weighted by Gasteiger charge is -2.22. The van der Waals surface area contributed by atoms with Crippen molar-refractivity contribution < 1.29 is 19.1 Å². The molecule has 0 saturated carbocycles. The summed E-state index contributed by atoms with van der Waals surface area (Å²) in [4.78, 5) is 38.4. The minimum absolute atomic E-state index is 0.299. The first-order valence-electron chi connectivity index (χ1n) is 7.55. The van der Waals surface area contributed by atoms with Gasteiger partial charge < -0.3 is 10.1 Å². The summed E-state index contributed by atoms with van der Waals surface area (Å²) in [5.74, 6) is -1.06. The van der Waals surface area contributed by atoms with Crippen molar-refractivity contribution in [1.82, 2.24) is 4.90 Å². The van der Waals surface area contributed by atoms with Gasteiger partial charge >= 0.3 is 0 Å². The number of nitrogens with one attached hydrogen (secondary N) is 1. The summed E-state index contributed by atoms with van der Waals surface area (Å²) in [6, 6.07) is 10.3. The fourth-order valence-corrected chi connectivity index (χ4v) is 2.86. The molecule has 0 aliphatic carbocycles. The van der Waals surface area contributed by atoms with Gasteiger partial charge in [-0.05, 0) is 37.3 Å². The molecule has 3 amide bonds. The smallest absolute Gasteiger partial charge is 0.262 e. The highest BCUT2D eigenvalue weighted by Crippen LogP contribution is 2.29. The number of ether oxygens (including phenoxy) is 1. The predicted molar refractivity (Wildman–Crippen MR) is 93.0 cm³/mol. The van der Waals surface area contributed by atoms with E-state index >= 15 is 0 Å². The van der Waals surface area contributed by atoms with E-state index in [0.717, 1.165) is 4.90 Å². The lowest BCUT2D eigenvalue weighted by atomic mass is 10.1. The van der Waals surface area contributed by atoms with E-state index in [4.69, 9.17) is 16.3 Å². The molecule has 128 valence electrons. The molecule has 2 aromatic carbocycles. The molecule has 1 heterocycles. The van der Waals surface area contributed by atoms with Crippen LogP contribution >= 0.6 is 11.6 Å². The molecule has 0 bridgehead atoms. The Kier molecular flexibility index (Phi) is 4.46. The van der Waals surface area contributed by atoms with Crippen molar-refractivity contribution in [2.24, 2.45) is 0 Å². The quantitative estimate of drug-likeness (QED) is 0.852. The number of anilines is 1. The number of hydrogen-bond donors (Lipinski definition) is 1. The molecular weight excluding hydrogens is 344 g/mol. The first-order chi connectivity index (χ1) is 11.9. The summed E-state index contributed by atoms with van der Waals surface area (Å²) in [5, 5.41) is 3.07. The van der Waals surface area contributed by atoms with E-state index in [-0.39, 0.29) is 0 Å². The fraction of sp³-hybridized carbons (Fsp3) is 0.167. The van der Waals surface area contributed by atoms with Gasteiger partial charge in [-0.15, -0.1) is 0 Å². The number of carbonyl (C=O) groups is 3. The predicted octanol–water partition coefficient (Wildman–Crippen LogP) is 2.97. The molecule has 6 nitrogen and oxygen atoms in total. The van der Waals surface area contributed by atoms with Crippen LogP contribution in [0.4, 0.5) is 5.69 Å². The molecule has 0 radical (unpaired) electrons. The minimum atomic E-state index is -0.990. The average Bonchev–Trinajstić information content (AvgIpc) is 2.86. The van der Waals surface area contributed by atoms with Crippen LogP contribution in [0.25, 0.3) is 0 Å². The Morgan fingerprint density at radius 2 is 1.72 bits per heavy atom. The second-order valence-corrected chi connectivity index (χ2v) is 5.97. The lowest BCUT2D eigenvalue weighted by Crippen LogP contribution is -2.45. The molecule has 7 heteroatoms. The van der Waals surface area contributed by atoms with Gasteiger partial charge in [0.25, 0.3) is 11.8 Å². The molecule has 25 heavy (non-hydrogen) atoms. The molecule has 1 N–H and O–H groups in total. The molecule has 1 aliphatic rings. The molecule has 0 aromatic heterocycles. The Balaban J connectivity index is 1.84. The van der Waals surface area contributed by atoms with E-state index in [0.29, 0.717) is 27.6 Å². The standard InChI is InChI=1S/C18H15ClN2O4/c1-10(16(22)20-14-9-11(19)7-8-15(14)25-2)21-17(23)12-5-3-4-6-13(12)18(21)24/h3-10H,1-2H3,(H,20,22)/t10-/m0/s1. The molecule has 0 fully saturated rings. The molecule has 2 aromatic rings. The number of rotatable bonds is 4. The highest BCUT2D eigenvalue weighted by atomic mass is 35.5. The topological polar surface area (TPSA) is 75.7 Å². The lowest BCUT2D eigenvalue weighted by molar-refractivity contribution is -0.119. The Morgan fingerprint density at radius 3 is 2.28 bits per heavy atom. The second kappa shape index (κ2) is 6.57. The van der Waals surface area contributed by atoms with E-state index in [2.05, 4.69) is 5.32 Å². The van der Waals surface area contributed by atoms with E-state index in [1.54, 1.807) is 36.4 Å². The van der Waals surface area contributed by atoms with Crippen LogP contribution in [0.3, 0.4) is 0 Å². The Hall–Kier alpha value is -2.86. The molecule has 0 saturated heterocycles.